The van der Waals surface area contributed by atoms with Gasteiger partial charge in [-0.3, -0.25) is 0 Å². The first-order valence-electron chi connectivity index (χ1n) is 6.50. The number of esters is 1. The van der Waals surface area contributed by atoms with E-state index in [0.717, 1.165) is 0 Å². The SMILES string of the molecule is C=C1/C(=C\COC(=O)c2ccccc2)C[C@@H](O)C[C@@H]1F. The Kier molecular flexibility index (Phi) is 4.69. The molecule has 1 aliphatic carbocycles. The Morgan fingerprint density at radius 3 is 2.85 bits per heavy atom. The van der Waals surface area contributed by atoms with Crippen molar-refractivity contribution in [3.8, 4) is 0 Å². The molecule has 0 spiro atoms. The first kappa shape index (κ1) is 14.5. The maximum absolute atomic E-state index is 13.5. The molecule has 106 valence electrons. The Morgan fingerprint density at radius 1 is 1.45 bits per heavy atom. The van der Waals surface area contributed by atoms with E-state index in [-0.39, 0.29) is 13.0 Å². The molecule has 0 aliphatic heterocycles. The van der Waals surface area contributed by atoms with E-state index in [4.69, 9.17) is 4.74 Å². The first-order valence-corrected chi connectivity index (χ1v) is 6.50. The zero-order valence-corrected chi connectivity index (χ0v) is 11.1. The molecular weight excluding hydrogens is 259 g/mol. The first-order chi connectivity index (χ1) is 9.58. The van der Waals surface area contributed by atoms with E-state index in [1.54, 1.807) is 30.3 Å². The smallest absolute Gasteiger partial charge is 0.338 e. The highest BCUT2D eigenvalue weighted by atomic mass is 19.1. The second-order valence-corrected chi connectivity index (χ2v) is 4.78. The molecule has 4 heteroatoms. The zero-order valence-electron chi connectivity index (χ0n) is 11.1. The van der Waals surface area contributed by atoms with E-state index in [1.165, 1.54) is 0 Å². The lowest BCUT2D eigenvalue weighted by atomic mass is 9.87. The molecule has 1 aliphatic rings. The highest BCUT2D eigenvalue weighted by Crippen LogP contribution is 2.30. The molecule has 3 nitrogen and oxygen atoms in total. The average Bonchev–Trinajstić information content (AvgIpc) is 2.44. The number of allylic oxidation sites excluding steroid dienone is 1. The fourth-order valence-electron chi connectivity index (χ4n) is 2.14. The molecule has 1 fully saturated rings. The number of aliphatic hydroxyl groups is 1. The summed E-state index contributed by atoms with van der Waals surface area (Å²) < 4.78 is 18.6. The molecule has 20 heavy (non-hydrogen) atoms. The monoisotopic (exact) mass is 276 g/mol. The van der Waals surface area contributed by atoms with Crippen molar-refractivity contribution < 1.29 is 19.0 Å². The van der Waals surface area contributed by atoms with Crippen molar-refractivity contribution in [3.63, 3.8) is 0 Å². The van der Waals surface area contributed by atoms with Crippen LogP contribution in [0.15, 0.2) is 54.1 Å². The van der Waals surface area contributed by atoms with Gasteiger partial charge in [-0.1, -0.05) is 24.8 Å². The van der Waals surface area contributed by atoms with Gasteiger partial charge in [0.25, 0.3) is 0 Å². The van der Waals surface area contributed by atoms with E-state index in [9.17, 15) is 14.3 Å². The molecule has 0 aromatic heterocycles. The largest absolute Gasteiger partial charge is 0.458 e. The summed E-state index contributed by atoms with van der Waals surface area (Å²) >= 11 is 0. The molecule has 0 amide bonds. The third kappa shape index (κ3) is 3.54. The van der Waals surface area contributed by atoms with Gasteiger partial charge in [-0.15, -0.1) is 0 Å². The van der Waals surface area contributed by atoms with Crippen LogP contribution in [0.3, 0.4) is 0 Å². The van der Waals surface area contributed by atoms with Crippen LogP contribution < -0.4 is 0 Å². The van der Waals surface area contributed by atoms with Gasteiger partial charge in [-0.25, -0.2) is 9.18 Å². The van der Waals surface area contributed by atoms with Gasteiger partial charge in [0.05, 0.1) is 11.7 Å². The summed E-state index contributed by atoms with van der Waals surface area (Å²) in [6.45, 7) is 3.72. The summed E-state index contributed by atoms with van der Waals surface area (Å²) in [5.41, 5.74) is 1.46. The molecular formula is C16H17FO3. The number of ether oxygens (including phenoxy) is 1. The number of carbonyl (C=O) groups excluding carboxylic acids is 1. The second kappa shape index (κ2) is 6.48. The molecule has 1 N–H and O–H groups in total. The molecule has 0 saturated heterocycles. The standard InChI is InChI=1S/C16H17FO3/c1-11-13(9-14(18)10-15(11)17)7-8-20-16(19)12-5-3-2-4-6-12/h2-7,14-15,18H,1,8-10H2/b13-7-/t14-,15+/m1/s1. The molecule has 0 heterocycles. The van der Waals surface area contributed by atoms with Crippen LogP contribution in [-0.2, 0) is 4.74 Å². The predicted octanol–water partition coefficient (Wildman–Crippen LogP) is 2.82. The lowest BCUT2D eigenvalue weighted by Crippen LogP contribution is -2.24. The quantitative estimate of drug-likeness (QED) is 0.863. The minimum atomic E-state index is -1.23. The van der Waals surface area contributed by atoms with Crippen LogP contribution in [0.2, 0.25) is 0 Å². The Labute approximate surface area is 117 Å². The lowest BCUT2D eigenvalue weighted by Gasteiger charge is -2.25. The van der Waals surface area contributed by atoms with Crippen molar-refractivity contribution in [1.29, 1.82) is 0 Å². The van der Waals surface area contributed by atoms with Crippen LogP contribution in [-0.4, -0.2) is 30.0 Å². The number of alkyl halides is 1. The predicted molar refractivity (Wildman–Crippen MR) is 74.1 cm³/mol. The normalized spacial score (nSPS) is 24.7. The summed E-state index contributed by atoms with van der Waals surface area (Å²) in [5.74, 6) is -0.429. The fraction of sp³-hybridized carbons (Fsp3) is 0.312. The van der Waals surface area contributed by atoms with E-state index in [0.29, 0.717) is 23.1 Å². The minimum Gasteiger partial charge on any atom is -0.458 e. The lowest BCUT2D eigenvalue weighted by molar-refractivity contribution is 0.0548. The number of hydrogen-bond acceptors (Lipinski definition) is 3. The third-order valence-corrected chi connectivity index (χ3v) is 3.28. The van der Waals surface area contributed by atoms with Crippen molar-refractivity contribution in [1.82, 2.24) is 0 Å². The van der Waals surface area contributed by atoms with E-state index >= 15 is 0 Å². The van der Waals surface area contributed by atoms with E-state index in [1.807, 2.05) is 6.07 Å². The summed E-state index contributed by atoms with van der Waals surface area (Å²) in [5, 5.41) is 9.52. The number of hydrogen-bond donors (Lipinski definition) is 1. The second-order valence-electron chi connectivity index (χ2n) is 4.78. The Bertz CT molecular complexity index is 522. The highest BCUT2D eigenvalue weighted by Gasteiger charge is 2.26. The molecule has 0 bridgehead atoms. The van der Waals surface area contributed by atoms with Crippen LogP contribution in [0.1, 0.15) is 23.2 Å². The molecule has 2 rings (SSSR count). The van der Waals surface area contributed by atoms with Crippen LogP contribution in [0, 0.1) is 0 Å². The number of carbonyl (C=O) groups is 1. The molecule has 0 radical (unpaired) electrons. The van der Waals surface area contributed by atoms with Crippen molar-refractivity contribution in [2.75, 3.05) is 6.61 Å². The topological polar surface area (TPSA) is 46.5 Å². The van der Waals surface area contributed by atoms with Crippen molar-refractivity contribution in [2.45, 2.75) is 25.1 Å². The average molecular weight is 276 g/mol. The molecule has 2 atom stereocenters. The summed E-state index contributed by atoms with van der Waals surface area (Å²) in [7, 11) is 0. The number of benzene rings is 1. The van der Waals surface area contributed by atoms with Crippen molar-refractivity contribution in [2.24, 2.45) is 0 Å². The Morgan fingerprint density at radius 2 is 2.15 bits per heavy atom. The summed E-state index contributed by atoms with van der Waals surface area (Å²) in [6, 6.07) is 8.64. The highest BCUT2D eigenvalue weighted by molar-refractivity contribution is 5.89. The summed E-state index contributed by atoms with van der Waals surface area (Å²) in [4.78, 5) is 11.7. The summed E-state index contributed by atoms with van der Waals surface area (Å²) in [6.07, 6.45) is 0.113. The number of rotatable bonds is 3. The Balaban J connectivity index is 1.93. The van der Waals surface area contributed by atoms with Crippen molar-refractivity contribution >= 4 is 5.97 Å². The minimum absolute atomic E-state index is 0.0432. The third-order valence-electron chi connectivity index (χ3n) is 3.28. The fourth-order valence-corrected chi connectivity index (χ4v) is 2.14. The van der Waals surface area contributed by atoms with Crippen LogP contribution >= 0.6 is 0 Å². The van der Waals surface area contributed by atoms with Crippen LogP contribution in [0.4, 0.5) is 4.39 Å². The van der Waals surface area contributed by atoms with Gasteiger partial charge in [0.1, 0.15) is 12.8 Å². The van der Waals surface area contributed by atoms with Gasteiger partial charge in [0.2, 0.25) is 0 Å². The molecule has 0 unspecified atom stereocenters. The van der Waals surface area contributed by atoms with Gasteiger partial charge < -0.3 is 9.84 Å². The maximum Gasteiger partial charge on any atom is 0.338 e. The molecule has 1 aromatic rings. The maximum atomic E-state index is 13.5. The Hall–Kier alpha value is -1.94. The van der Waals surface area contributed by atoms with Crippen molar-refractivity contribution in [3.05, 3.63) is 59.7 Å². The van der Waals surface area contributed by atoms with Gasteiger partial charge in [0.15, 0.2) is 0 Å². The van der Waals surface area contributed by atoms with Gasteiger partial charge >= 0.3 is 5.97 Å². The number of aliphatic hydroxyl groups excluding tert-OH is 1. The zero-order chi connectivity index (χ0) is 14.5. The van der Waals surface area contributed by atoms with Gasteiger partial charge in [0, 0.05) is 6.42 Å². The number of halogens is 1. The van der Waals surface area contributed by atoms with E-state index < -0.39 is 18.2 Å². The van der Waals surface area contributed by atoms with Crippen LogP contribution in [0.25, 0.3) is 0 Å². The molecule has 1 aromatic carbocycles. The van der Waals surface area contributed by atoms with Crippen LogP contribution in [0.5, 0.6) is 0 Å². The van der Waals surface area contributed by atoms with Gasteiger partial charge in [-0.2, -0.15) is 0 Å². The van der Waals surface area contributed by atoms with Gasteiger partial charge in [-0.05, 0) is 35.8 Å². The van der Waals surface area contributed by atoms with E-state index in [2.05, 4.69) is 6.58 Å². The molecule has 1 saturated carbocycles.